The number of carbonyl (C=O) groups is 1. The molecule has 5 heteroatoms. The van der Waals surface area contributed by atoms with E-state index in [4.69, 9.17) is 0 Å². The van der Waals surface area contributed by atoms with E-state index < -0.39 is 0 Å². The average molecular weight is 332 g/mol. The van der Waals surface area contributed by atoms with Crippen LogP contribution in [0.25, 0.3) is 0 Å². The van der Waals surface area contributed by atoms with Gasteiger partial charge in [0.15, 0.2) is 0 Å². The zero-order valence-electron chi connectivity index (χ0n) is 14.3. The Kier molecular flexibility index (Phi) is 5.04. The second kappa shape index (κ2) is 7.57. The van der Waals surface area contributed by atoms with Gasteiger partial charge in [-0.1, -0.05) is 6.07 Å². The second-order valence-corrected chi connectivity index (χ2v) is 5.97. The van der Waals surface area contributed by atoms with Crippen molar-refractivity contribution >= 4 is 17.3 Å². The molecule has 5 nitrogen and oxygen atoms in total. The van der Waals surface area contributed by atoms with Crippen molar-refractivity contribution in [1.29, 1.82) is 0 Å². The van der Waals surface area contributed by atoms with Crippen LogP contribution in [0.2, 0.25) is 0 Å². The topological polar surface area (TPSA) is 66.9 Å². The lowest BCUT2D eigenvalue weighted by Gasteiger charge is -2.10. The number of hydrogen-bond donors (Lipinski definition) is 2. The summed E-state index contributed by atoms with van der Waals surface area (Å²) in [6.07, 6.45) is 5.04. The van der Waals surface area contributed by atoms with Crippen LogP contribution in [0.3, 0.4) is 0 Å². The van der Waals surface area contributed by atoms with Crippen molar-refractivity contribution in [2.24, 2.45) is 0 Å². The molecule has 0 saturated carbocycles. The van der Waals surface area contributed by atoms with Crippen LogP contribution in [0.5, 0.6) is 0 Å². The molecule has 2 heterocycles. The van der Waals surface area contributed by atoms with Crippen molar-refractivity contribution in [3.8, 4) is 0 Å². The van der Waals surface area contributed by atoms with Crippen LogP contribution in [0.15, 0.2) is 61.1 Å². The molecule has 0 aliphatic carbocycles. The van der Waals surface area contributed by atoms with Gasteiger partial charge in [-0.15, -0.1) is 0 Å². The molecule has 3 rings (SSSR count). The zero-order chi connectivity index (χ0) is 17.6. The lowest BCUT2D eigenvalue weighted by Crippen LogP contribution is -2.23. The van der Waals surface area contributed by atoms with E-state index in [1.54, 1.807) is 24.7 Å². The lowest BCUT2D eigenvalue weighted by atomic mass is 10.1. The maximum atomic E-state index is 12.3. The summed E-state index contributed by atoms with van der Waals surface area (Å²) < 4.78 is 0. The van der Waals surface area contributed by atoms with Gasteiger partial charge in [0, 0.05) is 36.5 Å². The Hall–Kier alpha value is -3.21. The molecule has 2 N–H and O–H groups in total. The number of pyridine rings is 2. The Morgan fingerprint density at radius 2 is 1.64 bits per heavy atom. The minimum Gasteiger partial charge on any atom is -0.355 e. The Bertz CT molecular complexity index is 858. The normalized spacial score (nSPS) is 10.3. The SMILES string of the molecule is Cc1cc(C)cc(Nc2ccnc(C(=O)NCc3ccncc3)c2)c1. The third kappa shape index (κ3) is 4.64. The molecule has 0 unspecified atom stereocenters. The number of aromatic nitrogens is 2. The molecule has 1 amide bonds. The fourth-order valence-electron chi connectivity index (χ4n) is 2.62. The number of nitrogens with one attached hydrogen (secondary N) is 2. The number of anilines is 2. The highest BCUT2D eigenvalue weighted by molar-refractivity contribution is 5.93. The molecule has 1 aromatic carbocycles. The fraction of sp³-hybridized carbons (Fsp3) is 0.150. The highest BCUT2D eigenvalue weighted by Crippen LogP contribution is 2.19. The minimum absolute atomic E-state index is 0.208. The molecule has 126 valence electrons. The molecule has 0 saturated heterocycles. The smallest absolute Gasteiger partial charge is 0.270 e. The van der Waals surface area contributed by atoms with E-state index in [9.17, 15) is 4.79 Å². The van der Waals surface area contributed by atoms with Crippen LogP contribution in [0, 0.1) is 13.8 Å². The quantitative estimate of drug-likeness (QED) is 0.746. The van der Waals surface area contributed by atoms with Gasteiger partial charge in [-0.3, -0.25) is 14.8 Å². The molecule has 2 aromatic heterocycles. The summed E-state index contributed by atoms with van der Waals surface area (Å²) in [4.78, 5) is 20.4. The first-order chi connectivity index (χ1) is 12.1. The maximum Gasteiger partial charge on any atom is 0.270 e. The summed E-state index contributed by atoms with van der Waals surface area (Å²) in [5, 5.41) is 6.19. The Morgan fingerprint density at radius 1 is 0.920 bits per heavy atom. The fourth-order valence-corrected chi connectivity index (χ4v) is 2.62. The van der Waals surface area contributed by atoms with E-state index >= 15 is 0 Å². The van der Waals surface area contributed by atoms with Crippen molar-refractivity contribution in [2.75, 3.05) is 5.32 Å². The van der Waals surface area contributed by atoms with Crippen LogP contribution in [0.1, 0.15) is 27.2 Å². The predicted octanol–water partition coefficient (Wildman–Crippen LogP) is 3.77. The van der Waals surface area contributed by atoms with Gasteiger partial charge in [-0.25, -0.2) is 0 Å². The number of nitrogens with zero attached hydrogens (tertiary/aromatic N) is 2. The first-order valence-electron chi connectivity index (χ1n) is 8.08. The molecule has 25 heavy (non-hydrogen) atoms. The number of aryl methyl sites for hydroxylation is 2. The molecule has 0 radical (unpaired) electrons. The molecule has 0 spiro atoms. The standard InChI is InChI=1S/C20H20N4O/c1-14-9-15(2)11-18(10-14)24-17-5-8-22-19(12-17)20(25)23-13-16-3-6-21-7-4-16/h3-12H,13H2,1-2H3,(H,22,24)(H,23,25). The molecule has 0 atom stereocenters. The second-order valence-electron chi connectivity index (χ2n) is 5.97. The van der Waals surface area contributed by atoms with Gasteiger partial charge >= 0.3 is 0 Å². The Balaban J connectivity index is 1.69. The largest absolute Gasteiger partial charge is 0.355 e. The van der Waals surface area contributed by atoms with E-state index in [2.05, 4.69) is 52.6 Å². The molecule has 0 bridgehead atoms. The first kappa shape index (κ1) is 16.6. The summed E-state index contributed by atoms with van der Waals surface area (Å²) >= 11 is 0. The van der Waals surface area contributed by atoms with Gasteiger partial charge in [0.25, 0.3) is 5.91 Å². The van der Waals surface area contributed by atoms with Crippen molar-refractivity contribution in [3.63, 3.8) is 0 Å². The van der Waals surface area contributed by atoms with E-state index in [0.717, 1.165) is 16.9 Å². The zero-order valence-corrected chi connectivity index (χ0v) is 14.3. The molecular formula is C20H20N4O. The van der Waals surface area contributed by atoms with Crippen molar-refractivity contribution in [3.05, 3.63) is 83.4 Å². The summed E-state index contributed by atoms with van der Waals surface area (Å²) in [6.45, 7) is 4.56. The number of carbonyl (C=O) groups excluding carboxylic acids is 1. The van der Waals surface area contributed by atoms with Crippen LogP contribution in [-0.4, -0.2) is 15.9 Å². The predicted molar refractivity (Wildman–Crippen MR) is 98.8 cm³/mol. The van der Waals surface area contributed by atoms with Gasteiger partial charge in [-0.05, 0) is 66.9 Å². The first-order valence-corrected chi connectivity index (χ1v) is 8.08. The van der Waals surface area contributed by atoms with Gasteiger partial charge in [0.1, 0.15) is 5.69 Å². The highest BCUT2D eigenvalue weighted by atomic mass is 16.1. The summed E-state index contributed by atoms with van der Waals surface area (Å²) in [5.41, 5.74) is 5.57. The molecule has 0 aliphatic heterocycles. The summed E-state index contributed by atoms with van der Waals surface area (Å²) in [6, 6.07) is 13.6. The monoisotopic (exact) mass is 332 g/mol. The van der Waals surface area contributed by atoms with Crippen molar-refractivity contribution < 1.29 is 4.79 Å². The van der Waals surface area contributed by atoms with Crippen molar-refractivity contribution in [2.45, 2.75) is 20.4 Å². The summed E-state index contributed by atoms with van der Waals surface area (Å²) in [5.74, 6) is -0.208. The number of rotatable bonds is 5. The van der Waals surface area contributed by atoms with Gasteiger partial charge in [0.05, 0.1) is 0 Å². The molecular weight excluding hydrogens is 312 g/mol. The number of hydrogen-bond acceptors (Lipinski definition) is 4. The van der Waals surface area contributed by atoms with E-state index in [-0.39, 0.29) is 5.91 Å². The van der Waals surface area contributed by atoms with Gasteiger partial charge in [-0.2, -0.15) is 0 Å². The lowest BCUT2D eigenvalue weighted by molar-refractivity contribution is 0.0946. The van der Waals surface area contributed by atoms with Crippen LogP contribution in [-0.2, 0) is 6.54 Å². The third-order valence-electron chi connectivity index (χ3n) is 3.71. The summed E-state index contributed by atoms with van der Waals surface area (Å²) in [7, 11) is 0. The van der Waals surface area contributed by atoms with Gasteiger partial charge in [0.2, 0.25) is 0 Å². The van der Waals surface area contributed by atoms with E-state index in [1.165, 1.54) is 11.1 Å². The van der Waals surface area contributed by atoms with Crippen LogP contribution >= 0.6 is 0 Å². The van der Waals surface area contributed by atoms with Gasteiger partial charge < -0.3 is 10.6 Å². The van der Waals surface area contributed by atoms with Crippen LogP contribution < -0.4 is 10.6 Å². The Labute approximate surface area is 147 Å². The molecule has 3 aromatic rings. The molecule has 0 aliphatic rings. The van der Waals surface area contributed by atoms with Crippen LogP contribution in [0.4, 0.5) is 11.4 Å². The Morgan fingerprint density at radius 3 is 2.36 bits per heavy atom. The van der Waals surface area contributed by atoms with E-state index in [0.29, 0.717) is 12.2 Å². The minimum atomic E-state index is -0.208. The van der Waals surface area contributed by atoms with E-state index in [1.807, 2.05) is 18.2 Å². The number of benzene rings is 1. The number of amides is 1. The third-order valence-corrected chi connectivity index (χ3v) is 3.71. The average Bonchev–Trinajstić information content (AvgIpc) is 2.60. The highest BCUT2D eigenvalue weighted by Gasteiger charge is 2.08. The van der Waals surface area contributed by atoms with Crippen molar-refractivity contribution in [1.82, 2.24) is 15.3 Å². The maximum absolute atomic E-state index is 12.3. The molecule has 0 fully saturated rings.